The zero-order valence-electron chi connectivity index (χ0n) is 9.08. The standard InChI is InChI=1S/C10H14O.C2H6/c1-4-6-9-8(3)7-11-10(9)5-2;1-2/h4-7,9-10H,2H2,1,3H3;1-2H3/b6-4-;. The zero-order valence-corrected chi connectivity index (χ0v) is 9.08. The molecule has 2 unspecified atom stereocenters. The minimum absolute atomic E-state index is 0.145. The lowest BCUT2D eigenvalue weighted by molar-refractivity contribution is 0.193. The number of allylic oxidation sites excluding steroid dienone is 1. The van der Waals surface area contributed by atoms with Gasteiger partial charge in [0, 0.05) is 5.92 Å². The molecule has 0 amide bonds. The summed E-state index contributed by atoms with van der Waals surface area (Å²) in [7, 11) is 0. The van der Waals surface area contributed by atoms with E-state index in [4.69, 9.17) is 4.74 Å². The molecule has 0 aromatic carbocycles. The molecule has 1 heterocycles. The summed E-state index contributed by atoms with van der Waals surface area (Å²) in [6.45, 7) is 11.8. The van der Waals surface area contributed by atoms with Gasteiger partial charge in [0.2, 0.25) is 0 Å². The molecule has 0 saturated carbocycles. The maximum absolute atomic E-state index is 5.35. The lowest BCUT2D eigenvalue weighted by atomic mass is 9.97. The first-order chi connectivity index (χ1) is 6.29. The Labute approximate surface area is 81.8 Å². The lowest BCUT2D eigenvalue weighted by Crippen LogP contribution is -2.12. The van der Waals surface area contributed by atoms with E-state index in [-0.39, 0.29) is 6.10 Å². The number of hydrogen-bond acceptors (Lipinski definition) is 1. The minimum Gasteiger partial charge on any atom is -0.493 e. The second kappa shape index (κ2) is 6.53. The Morgan fingerprint density at radius 3 is 2.54 bits per heavy atom. The molecule has 0 bridgehead atoms. The van der Waals surface area contributed by atoms with Crippen LogP contribution in [0.5, 0.6) is 0 Å². The van der Waals surface area contributed by atoms with Gasteiger partial charge in [0.25, 0.3) is 0 Å². The van der Waals surface area contributed by atoms with Crippen LogP contribution in [0.15, 0.2) is 36.6 Å². The highest BCUT2D eigenvalue weighted by atomic mass is 16.5. The molecule has 0 aromatic rings. The third-order valence-corrected chi connectivity index (χ3v) is 1.92. The molecule has 0 spiro atoms. The van der Waals surface area contributed by atoms with Crippen LogP contribution < -0.4 is 0 Å². The Kier molecular flexibility index (Phi) is 6.03. The SMILES string of the molecule is C=CC1OC=C(C)C1/C=C\C.CC. The topological polar surface area (TPSA) is 9.23 Å². The Hall–Kier alpha value is -0.980. The molecule has 0 aromatic heterocycles. The van der Waals surface area contributed by atoms with Crippen molar-refractivity contribution in [3.05, 3.63) is 36.6 Å². The average Bonchev–Trinajstić information content (AvgIpc) is 2.52. The van der Waals surface area contributed by atoms with E-state index in [1.807, 2.05) is 39.2 Å². The second-order valence-electron chi connectivity index (χ2n) is 2.75. The van der Waals surface area contributed by atoms with Crippen LogP contribution in [0.3, 0.4) is 0 Å². The van der Waals surface area contributed by atoms with Crippen molar-refractivity contribution in [2.75, 3.05) is 0 Å². The maximum Gasteiger partial charge on any atom is 0.126 e. The van der Waals surface area contributed by atoms with E-state index in [0.717, 1.165) is 0 Å². The summed E-state index contributed by atoms with van der Waals surface area (Å²) in [6.07, 6.45) is 8.00. The fourth-order valence-corrected chi connectivity index (χ4v) is 1.28. The molecule has 0 radical (unpaired) electrons. The Bertz CT molecular complexity index is 201. The molecule has 2 atom stereocenters. The zero-order chi connectivity index (χ0) is 10.3. The molecule has 1 rings (SSSR count). The summed E-state index contributed by atoms with van der Waals surface area (Å²) in [5, 5.41) is 0. The lowest BCUT2D eigenvalue weighted by Gasteiger charge is -2.11. The minimum atomic E-state index is 0.145. The number of rotatable bonds is 2. The van der Waals surface area contributed by atoms with Crippen molar-refractivity contribution in [2.24, 2.45) is 5.92 Å². The van der Waals surface area contributed by atoms with E-state index >= 15 is 0 Å². The fourth-order valence-electron chi connectivity index (χ4n) is 1.28. The molecule has 1 aliphatic heterocycles. The highest BCUT2D eigenvalue weighted by Gasteiger charge is 2.23. The highest BCUT2D eigenvalue weighted by molar-refractivity contribution is 5.18. The van der Waals surface area contributed by atoms with Gasteiger partial charge in [-0.1, -0.05) is 38.7 Å². The van der Waals surface area contributed by atoms with Gasteiger partial charge in [-0.2, -0.15) is 0 Å². The van der Waals surface area contributed by atoms with Crippen LogP contribution in [0, 0.1) is 5.92 Å². The molecule has 0 fully saturated rings. The molecule has 1 aliphatic rings. The van der Waals surface area contributed by atoms with E-state index < -0.39 is 0 Å². The summed E-state index contributed by atoms with van der Waals surface area (Å²) in [5.41, 5.74) is 1.27. The number of hydrogen-bond donors (Lipinski definition) is 0. The third kappa shape index (κ3) is 3.10. The molecule has 1 heteroatoms. The third-order valence-electron chi connectivity index (χ3n) is 1.92. The molecule has 1 nitrogen and oxygen atoms in total. The molecular formula is C12H20O. The van der Waals surface area contributed by atoms with Gasteiger partial charge in [-0.25, -0.2) is 0 Å². The van der Waals surface area contributed by atoms with Crippen LogP contribution in [0.2, 0.25) is 0 Å². The largest absolute Gasteiger partial charge is 0.493 e. The molecule has 0 N–H and O–H groups in total. The van der Waals surface area contributed by atoms with Crippen molar-refractivity contribution < 1.29 is 4.74 Å². The van der Waals surface area contributed by atoms with E-state index in [9.17, 15) is 0 Å². The van der Waals surface area contributed by atoms with Crippen LogP contribution >= 0.6 is 0 Å². The van der Waals surface area contributed by atoms with Crippen LogP contribution in [0.25, 0.3) is 0 Å². The quantitative estimate of drug-likeness (QED) is 0.589. The van der Waals surface area contributed by atoms with Gasteiger partial charge in [0.15, 0.2) is 0 Å². The first-order valence-electron chi connectivity index (χ1n) is 4.87. The van der Waals surface area contributed by atoms with Gasteiger partial charge in [0.1, 0.15) is 6.10 Å². The van der Waals surface area contributed by atoms with E-state index in [2.05, 4.69) is 19.6 Å². The van der Waals surface area contributed by atoms with Crippen molar-refractivity contribution in [3.63, 3.8) is 0 Å². The molecule has 13 heavy (non-hydrogen) atoms. The van der Waals surface area contributed by atoms with Gasteiger partial charge < -0.3 is 4.74 Å². The normalized spacial score (nSPS) is 26.0. The summed E-state index contributed by atoms with van der Waals surface area (Å²) in [6, 6.07) is 0. The molecule has 0 aliphatic carbocycles. The average molecular weight is 180 g/mol. The Balaban J connectivity index is 0.000000671. The first-order valence-corrected chi connectivity index (χ1v) is 4.87. The van der Waals surface area contributed by atoms with Crippen LogP contribution in [0.4, 0.5) is 0 Å². The monoisotopic (exact) mass is 180 g/mol. The molecule has 74 valence electrons. The predicted molar refractivity (Wildman–Crippen MR) is 58.5 cm³/mol. The van der Waals surface area contributed by atoms with Gasteiger partial charge in [-0.05, 0) is 19.4 Å². The van der Waals surface area contributed by atoms with Crippen molar-refractivity contribution in [1.29, 1.82) is 0 Å². The van der Waals surface area contributed by atoms with Crippen molar-refractivity contribution in [1.82, 2.24) is 0 Å². The first kappa shape index (κ1) is 12.0. The number of ether oxygens (including phenoxy) is 1. The van der Waals surface area contributed by atoms with Gasteiger partial charge in [-0.3, -0.25) is 0 Å². The highest BCUT2D eigenvalue weighted by Crippen LogP contribution is 2.26. The molecular weight excluding hydrogens is 160 g/mol. The van der Waals surface area contributed by atoms with Crippen LogP contribution in [-0.4, -0.2) is 6.10 Å². The summed E-state index contributed by atoms with van der Waals surface area (Å²) in [5.74, 6) is 0.400. The smallest absolute Gasteiger partial charge is 0.126 e. The van der Waals surface area contributed by atoms with E-state index in [0.29, 0.717) is 5.92 Å². The summed E-state index contributed by atoms with van der Waals surface area (Å²) < 4.78 is 5.35. The van der Waals surface area contributed by atoms with Crippen LogP contribution in [-0.2, 0) is 4.74 Å². The summed E-state index contributed by atoms with van der Waals surface area (Å²) >= 11 is 0. The molecule has 0 saturated heterocycles. The van der Waals surface area contributed by atoms with Gasteiger partial charge >= 0.3 is 0 Å². The van der Waals surface area contributed by atoms with E-state index in [1.165, 1.54) is 5.57 Å². The second-order valence-corrected chi connectivity index (χ2v) is 2.75. The van der Waals surface area contributed by atoms with Gasteiger partial charge in [0.05, 0.1) is 6.26 Å². The summed E-state index contributed by atoms with van der Waals surface area (Å²) in [4.78, 5) is 0. The van der Waals surface area contributed by atoms with Crippen molar-refractivity contribution in [3.8, 4) is 0 Å². The van der Waals surface area contributed by atoms with E-state index in [1.54, 1.807) is 0 Å². The Morgan fingerprint density at radius 1 is 1.46 bits per heavy atom. The fraction of sp³-hybridized carbons (Fsp3) is 0.500. The van der Waals surface area contributed by atoms with Crippen molar-refractivity contribution >= 4 is 0 Å². The van der Waals surface area contributed by atoms with Gasteiger partial charge in [-0.15, -0.1) is 0 Å². The maximum atomic E-state index is 5.35. The Morgan fingerprint density at radius 2 is 2.08 bits per heavy atom. The van der Waals surface area contributed by atoms with Crippen LogP contribution in [0.1, 0.15) is 27.7 Å². The predicted octanol–water partition coefficient (Wildman–Crippen LogP) is 3.69. The van der Waals surface area contributed by atoms with Crippen molar-refractivity contribution in [2.45, 2.75) is 33.8 Å².